The van der Waals surface area contributed by atoms with E-state index in [-0.39, 0.29) is 6.15 Å². The quantitative estimate of drug-likeness (QED) is 0.150. The van der Waals surface area contributed by atoms with Crippen LogP contribution in [0.1, 0.15) is 90.9 Å². The van der Waals surface area contributed by atoms with Gasteiger partial charge in [0, 0.05) is 32.8 Å². The van der Waals surface area contributed by atoms with Crippen molar-refractivity contribution in [3.8, 4) is 0 Å². The number of alkyl halides is 1. The molecule has 0 aromatic rings. The fraction of sp³-hybridized carbons (Fsp3) is 1.00. The Morgan fingerprint density at radius 1 is 0.731 bits per heavy atom. The summed E-state index contributed by atoms with van der Waals surface area (Å²) in [6.45, 7) is 4.48. The molecular weight excluding hydrogens is 366 g/mol. The van der Waals surface area contributed by atoms with Crippen molar-refractivity contribution in [1.29, 1.82) is 0 Å². The number of unbranched alkanes of at least 4 members (excludes halogenated alkanes) is 8. The van der Waals surface area contributed by atoms with Crippen LogP contribution >= 0.6 is 11.6 Å². The standard InChI is InChI=1S/C20H43ClO3Si.H3N/c1-6-8-9-10-11-12-13-14-15-16-19(17-18-21)20(7-2)25(22-3,23-4)24-5;/h19-20H,6-18H2,1-5H3;1H3. The molecule has 26 heavy (non-hydrogen) atoms. The molecule has 0 heterocycles. The SMILES string of the molecule is CCCCCCCCCCCC(CCCl)C(CC)[Si](OC)(OC)OC.N. The van der Waals surface area contributed by atoms with Gasteiger partial charge in [0.15, 0.2) is 0 Å². The molecule has 0 amide bonds. The van der Waals surface area contributed by atoms with E-state index in [4.69, 9.17) is 24.9 Å². The van der Waals surface area contributed by atoms with Crippen LogP contribution in [0.5, 0.6) is 0 Å². The Bertz CT molecular complexity index is 286. The summed E-state index contributed by atoms with van der Waals surface area (Å²) in [6.07, 6.45) is 15.5. The third-order valence-electron chi connectivity index (χ3n) is 5.47. The van der Waals surface area contributed by atoms with Gasteiger partial charge in [0.25, 0.3) is 0 Å². The molecular formula is C20H46ClNO3Si. The first-order chi connectivity index (χ1) is 12.2. The zero-order valence-electron chi connectivity index (χ0n) is 18.2. The first-order valence-electron chi connectivity index (χ1n) is 10.4. The molecule has 0 saturated carbocycles. The number of hydrogen-bond donors (Lipinski definition) is 1. The summed E-state index contributed by atoms with van der Waals surface area (Å²) in [6, 6.07) is 0. The van der Waals surface area contributed by atoms with Gasteiger partial charge in [0.2, 0.25) is 0 Å². The second-order valence-corrected chi connectivity index (χ2v) is 10.6. The highest BCUT2D eigenvalue weighted by atomic mass is 35.5. The minimum absolute atomic E-state index is 0. The molecule has 4 nitrogen and oxygen atoms in total. The Morgan fingerprint density at radius 2 is 1.19 bits per heavy atom. The van der Waals surface area contributed by atoms with Crippen LogP contribution in [0.3, 0.4) is 0 Å². The van der Waals surface area contributed by atoms with Crippen molar-refractivity contribution in [2.45, 2.75) is 96.4 Å². The summed E-state index contributed by atoms with van der Waals surface area (Å²) in [5, 5.41) is 0. The highest BCUT2D eigenvalue weighted by molar-refractivity contribution is 6.62. The monoisotopic (exact) mass is 411 g/mol. The van der Waals surface area contributed by atoms with E-state index >= 15 is 0 Å². The lowest BCUT2D eigenvalue weighted by Gasteiger charge is -2.37. The Hall–Kier alpha value is 0.347. The largest absolute Gasteiger partial charge is 0.503 e. The minimum atomic E-state index is -2.60. The highest BCUT2D eigenvalue weighted by Crippen LogP contribution is 2.39. The summed E-state index contributed by atoms with van der Waals surface area (Å²) in [4.78, 5) is 0. The van der Waals surface area contributed by atoms with Gasteiger partial charge in [0.05, 0.1) is 0 Å². The van der Waals surface area contributed by atoms with Crippen LogP contribution < -0.4 is 6.15 Å². The van der Waals surface area contributed by atoms with Crippen LogP contribution in [-0.4, -0.2) is 36.0 Å². The lowest BCUT2D eigenvalue weighted by atomic mass is 9.93. The maximum absolute atomic E-state index is 6.09. The van der Waals surface area contributed by atoms with Crippen LogP contribution in [-0.2, 0) is 13.3 Å². The van der Waals surface area contributed by atoms with Gasteiger partial charge in [-0.3, -0.25) is 0 Å². The molecule has 0 aliphatic carbocycles. The van der Waals surface area contributed by atoms with E-state index in [2.05, 4.69) is 13.8 Å². The predicted octanol–water partition coefficient (Wildman–Crippen LogP) is 6.97. The summed E-state index contributed by atoms with van der Waals surface area (Å²) in [7, 11) is 2.56. The van der Waals surface area contributed by atoms with Crippen molar-refractivity contribution in [3.63, 3.8) is 0 Å². The van der Waals surface area contributed by atoms with E-state index in [1.54, 1.807) is 21.3 Å². The molecule has 0 fully saturated rings. The third-order valence-corrected chi connectivity index (χ3v) is 9.19. The average molecular weight is 412 g/mol. The van der Waals surface area contributed by atoms with Crippen molar-refractivity contribution in [2.75, 3.05) is 27.2 Å². The van der Waals surface area contributed by atoms with Gasteiger partial charge >= 0.3 is 8.80 Å². The van der Waals surface area contributed by atoms with Gasteiger partial charge in [-0.1, -0.05) is 78.1 Å². The van der Waals surface area contributed by atoms with Crippen molar-refractivity contribution in [1.82, 2.24) is 6.15 Å². The molecule has 0 spiro atoms. The Kier molecular flexibility index (Phi) is 20.5. The van der Waals surface area contributed by atoms with Crippen LogP contribution in [0.25, 0.3) is 0 Å². The predicted molar refractivity (Wildman–Crippen MR) is 117 cm³/mol. The molecule has 3 N–H and O–H groups in total. The number of halogens is 1. The second-order valence-electron chi connectivity index (χ2n) is 7.09. The van der Waals surface area contributed by atoms with Crippen molar-refractivity contribution < 1.29 is 13.3 Å². The van der Waals surface area contributed by atoms with Crippen molar-refractivity contribution in [2.24, 2.45) is 5.92 Å². The van der Waals surface area contributed by atoms with Crippen LogP contribution in [0, 0.1) is 5.92 Å². The maximum Gasteiger partial charge on any atom is 0.503 e. The first kappa shape index (κ1) is 28.6. The van der Waals surface area contributed by atoms with Crippen molar-refractivity contribution in [3.05, 3.63) is 0 Å². The van der Waals surface area contributed by atoms with Gasteiger partial charge < -0.3 is 19.4 Å². The molecule has 0 aliphatic heterocycles. The first-order valence-corrected chi connectivity index (χ1v) is 12.7. The second kappa shape index (κ2) is 18.7. The smallest absolute Gasteiger partial charge is 0.377 e. The van der Waals surface area contributed by atoms with Crippen LogP contribution in [0.15, 0.2) is 0 Å². The molecule has 0 bridgehead atoms. The maximum atomic E-state index is 6.09. The Labute approximate surface area is 169 Å². The van der Waals surface area contributed by atoms with E-state index in [0.717, 1.165) is 12.8 Å². The molecule has 6 heteroatoms. The van der Waals surface area contributed by atoms with E-state index in [0.29, 0.717) is 17.3 Å². The van der Waals surface area contributed by atoms with E-state index < -0.39 is 8.80 Å². The molecule has 0 aromatic carbocycles. The van der Waals surface area contributed by atoms with E-state index in [9.17, 15) is 0 Å². The van der Waals surface area contributed by atoms with Crippen LogP contribution in [0.2, 0.25) is 5.54 Å². The van der Waals surface area contributed by atoms with E-state index in [1.807, 2.05) is 0 Å². The Balaban J connectivity index is 0. The molecule has 0 aromatic heterocycles. The zero-order valence-corrected chi connectivity index (χ0v) is 19.9. The van der Waals surface area contributed by atoms with Crippen LogP contribution in [0.4, 0.5) is 0 Å². The van der Waals surface area contributed by atoms with Gasteiger partial charge in [-0.05, 0) is 18.8 Å². The lowest BCUT2D eigenvalue weighted by molar-refractivity contribution is 0.0979. The minimum Gasteiger partial charge on any atom is -0.377 e. The summed E-state index contributed by atoms with van der Waals surface area (Å²) in [5.41, 5.74) is 0.334. The lowest BCUT2D eigenvalue weighted by Crippen LogP contribution is -2.50. The number of hydrogen-bond acceptors (Lipinski definition) is 4. The fourth-order valence-corrected chi connectivity index (χ4v) is 7.08. The summed E-state index contributed by atoms with van der Waals surface area (Å²) < 4.78 is 17.3. The Morgan fingerprint density at radius 3 is 1.58 bits per heavy atom. The van der Waals surface area contributed by atoms with E-state index in [1.165, 1.54) is 64.2 Å². The molecule has 0 rings (SSSR count). The summed E-state index contributed by atoms with van der Waals surface area (Å²) >= 11 is 6.09. The molecule has 2 unspecified atom stereocenters. The highest BCUT2D eigenvalue weighted by Gasteiger charge is 2.49. The normalized spacial score (nSPS) is 14.1. The fourth-order valence-electron chi connectivity index (χ4n) is 3.98. The molecule has 0 radical (unpaired) electrons. The molecule has 160 valence electrons. The topological polar surface area (TPSA) is 62.7 Å². The van der Waals surface area contributed by atoms with Gasteiger partial charge in [-0.2, -0.15) is 0 Å². The average Bonchev–Trinajstić information content (AvgIpc) is 2.64. The van der Waals surface area contributed by atoms with Gasteiger partial charge in [0.1, 0.15) is 0 Å². The molecule has 0 saturated heterocycles. The number of rotatable bonds is 18. The van der Waals surface area contributed by atoms with Crippen molar-refractivity contribution >= 4 is 20.4 Å². The third kappa shape index (κ3) is 10.6. The zero-order chi connectivity index (χ0) is 19.0. The van der Waals surface area contributed by atoms with Gasteiger partial charge in [-0.25, -0.2) is 0 Å². The summed E-state index contributed by atoms with van der Waals surface area (Å²) in [5.74, 6) is 1.22. The van der Waals surface area contributed by atoms with Gasteiger partial charge in [-0.15, -0.1) is 11.6 Å². The molecule has 2 atom stereocenters. The molecule has 0 aliphatic rings.